The zero-order chi connectivity index (χ0) is 14.8. The van der Waals surface area contributed by atoms with E-state index in [0.717, 1.165) is 22.9 Å². The van der Waals surface area contributed by atoms with Gasteiger partial charge in [-0.2, -0.15) is 0 Å². The Balaban J connectivity index is 1.83. The minimum absolute atomic E-state index is 0.192. The number of hydrogen-bond acceptors (Lipinski definition) is 2. The average molecular weight is 278 g/mol. The van der Waals surface area contributed by atoms with Gasteiger partial charge in [-0.15, -0.1) is 0 Å². The van der Waals surface area contributed by atoms with E-state index < -0.39 is 0 Å². The first-order valence-corrected chi connectivity index (χ1v) is 6.59. The summed E-state index contributed by atoms with van der Waals surface area (Å²) in [5.41, 5.74) is 2.94. The number of nitrogens with zero attached hydrogens (tertiary/aromatic N) is 1. The number of benzene rings is 2. The zero-order valence-corrected chi connectivity index (χ0v) is 11.5. The molecule has 0 fully saturated rings. The Bertz CT molecular complexity index is 816. The van der Waals surface area contributed by atoms with E-state index in [0.29, 0.717) is 11.1 Å². The van der Waals surface area contributed by atoms with Crippen LogP contribution in [0.4, 0.5) is 5.69 Å². The minimum atomic E-state index is -0.192. The van der Waals surface area contributed by atoms with Gasteiger partial charge in [0.2, 0.25) is 0 Å². The molecule has 0 aliphatic heterocycles. The Morgan fingerprint density at radius 1 is 1.10 bits per heavy atom. The van der Waals surface area contributed by atoms with Gasteiger partial charge >= 0.3 is 0 Å². The molecule has 4 nitrogen and oxygen atoms in total. The van der Waals surface area contributed by atoms with Crippen LogP contribution in [0.25, 0.3) is 10.9 Å². The van der Waals surface area contributed by atoms with Gasteiger partial charge in [0.15, 0.2) is 0 Å². The van der Waals surface area contributed by atoms with Crippen molar-refractivity contribution in [3.63, 3.8) is 0 Å². The molecule has 0 saturated heterocycles. The summed E-state index contributed by atoms with van der Waals surface area (Å²) in [5.74, 6) is -0.192. The van der Waals surface area contributed by atoms with Crippen LogP contribution in [0.5, 0.6) is 0 Å². The fourth-order valence-corrected chi connectivity index (χ4v) is 2.28. The lowest BCUT2D eigenvalue weighted by Crippen LogP contribution is -2.11. The van der Waals surface area contributed by atoms with E-state index in [1.54, 1.807) is 24.3 Å². The summed E-state index contributed by atoms with van der Waals surface area (Å²) in [7, 11) is 1.98. The summed E-state index contributed by atoms with van der Waals surface area (Å²) in [4.78, 5) is 22.8. The van der Waals surface area contributed by atoms with Crippen LogP contribution in [0.15, 0.2) is 54.7 Å². The Kier molecular flexibility index (Phi) is 3.28. The van der Waals surface area contributed by atoms with Crippen molar-refractivity contribution in [2.24, 2.45) is 7.05 Å². The lowest BCUT2D eigenvalue weighted by Gasteiger charge is -2.06. The molecule has 1 heterocycles. The highest BCUT2D eigenvalue weighted by atomic mass is 16.1. The molecule has 0 saturated carbocycles. The molecule has 2 aromatic carbocycles. The van der Waals surface area contributed by atoms with Crippen molar-refractivity contribution in [3.8, 4) is 0 Å². The normalized spacial score (nSPS) is 10.5. The van der Waals surface area contributed by atoms with Gasteiger partial charge in [-0.25, -0.2) is 0 Å². The van der Waals surface area contributed by atoms with Gasteiger partial charge in [0.05, 0.1) is 0 Å². The van der Waals surface area contributed by atoms with Crippen molar-refractivity contribution < 1.29 is 9.59 Å². The summed E-state index contributed by atoms with van der Waals surface area (Å²) >= 11 is 0. The first-order chi connectivity index (χ1) is 10.2. The van der Waals surface area contributed by atoms with Gasteiger partial charge in [-0.1, -0.05) is 12.1 Å². The van der Waals surface area contributed by atoms with Crippen molar-refractivity contribution in [1.29, 1.82) is 0 Å². The van der Waals surface area contributed by atoms with E-state index in [-0.39, 0.29) is 5.91 Å². The third-order valence-electron chi connectivity index (χ3n) is 3.45. The second kappa shape index (κ2) is 5.25. The monoisotopic (exact) mass is 278 g/mol. The molecule has 4 heteroatoms. The fraction of sp³-hybridized carbons (Fsp3) is 0.0588. The average Bonchev–Trinajstić information content (AvgIpc) is 2.88. The number of fused-ring (bicyclic) bond motifs is 1. The Morgan fingerprint density at radius 3 is 2.57 bits per heavy atom. The summed E-state index contributed by atoms with van der Waals surface area (Å²) in [6.07, 6.45) is 2.74. The van der Waals surface area contributed by atoms with Gasteiger partial charge < -0.3 is 9.88 Å². The first kappa shape index (κ1) is 13.1. The third kappa shape index (κ3) is 2.56. The van der Waals surface area contributed by atoms with Crippen molar-refractivity contribution in [3.05, 3.63) is 65.9 Å². The Labute approximate surface area is 122 Å². The quantitative estimate of drug-likeness (QED) is 0.748. The lowest BCUT2D eigenvalue weighted by atomic mass is 10.1. The summed E-state index contributed by atoms with van der Waals surface area (Å²) in [5, 5.41) is 3.94. The van der Waals surface area contributed by atoms with E-state index in [1.807, 2.05) is 42.1 Å². The molecule has 3 aromatic rings. The summed E-state index contributed by atoms with van der Waals surface area (Å²) in [6.45, 7) is 0. The largest absolute Gasteiger partial charge is 0.351 e. The molecular formula is C17H14N2O2. The predicted octanol–water partition coefficient (Wildman–Crippen LogP) is 3.24. The van der Waals surface area contributed by atoms with Gasteiger partial charge in [-0.3, -0.25) is 9.59 Å². The van der Waals surface area contributed by atoms with Gasteiger partial charge in [0.1, 0.15) is 6.29 Å². The maximum Gasteiger partial charge on any atom is 0.255 e. The summed E-state index contributed by atoms with van der Waals surface area (Å²) in [6, 6.07) is 14.3. The molecule has 1 N–H and O–H groups in total. The van der Waals surface area contributed by atoms with Crippen LogP contribution < -0.4 is 5.32 Å². The third-order valence-corrected chi connectivity index (χ3v) is 3.45. The maximum atomic E-state index is 12.2. The number of rotatable bonds is 3. The maximum absolute atomic E-state index is 12.2. The second-order valence-electron chi connectivity index (χ2n) is 4.89. The van der Waals surface area contributed by atoms with Crippen LogP contribution in [0.3, 0.4) is 0 Å². The molecule has 0 unspecified atom stereocenters. The zero-order valence-electron chi connectivity index (χ0n) is 11.5. The van der Waals surface area contributed by atoms with Crippen LogP contribution in [-0.2, 0) is 7.05 Å². The van der Waals surface area contributed by atoms with Gasteiger partial charge in [0.25, 0.3) is 5.91 Å². The van der Waals surface area contributed by atoms with Gasteiger partial charge in [0, 0.05) is 41.0 Å². The van der Waals surface area contributed by atoms with Crippen LogP contribution in [0.1, 0.15) is 20.7 Å². The number of aldehydes is 1. The van der Waals surface area contributed by atoms with Crippen LogP contribution in [0.2, 0.25) is 0 Å². The van der Waals surface area contributed by atoms with E-state index >= 15 is 0 Å². The SMILES string of the molecule is Cn1ccc2cc(NC(=O)c3ccc(C=O)cc3)ccc21. The molecule has 0 atom stereocenters. The standard InChI is InChI=1S/C17H14N2O2/c1-19-9-8-14-10-15(6-7-16(14)19)18-17(21)13-4-2-12(11-20)3-5-13/h2-11H,1H3,(H,18,21). The van der Waals surface area contributed by atoms with Crippen molar-refractivity contribution >= 4 is 28.8 Å². The molecule has 21 heavy (non-hydrogen) atoms. The van der Waals surface area contributed by atoms with Crippen LogP contribution in [0, 0.1) is 0 Å². The number of nitrogens with one attached hydrogen (secondary N) is 1. The molecule has 1 amide bonds. The molecule has 0 aliphatic carbocycles. The summed E-state index contributed by atoms with van der Waals surface area (Å²) < 4.78 is 2.03. The number of carbonyl (C=O) groups is 2. The molecule has 3 rings (SSSR count). The molecule has 0 bridgehead atoms. The molecule has 0 spiro atoms. The van der Waals surface area contributed by atoms with E-state index in [9.17, 15) is 9.59 Å². The van der Waals surface area contributed by atoms with Crippen molar-refractivity contribution in [1.82, 2.24) is 4.57 Å². The van der Waals surface area contributed by atoms with Crippen LogP contribution in [-0.4, -0.2) is 16.8 Å². The van der Waals surface area contributed by atoms with Crippen molar-refractivity contribution in [2.75, 3.05) is 5.32 Å². The minimum Gasteiger partial charge on any atom is -0.351 e. The number of carbonyl (C=O) groups excluding carboxylic acids is 2. The van der Waals surface area contributed by atoms with Crippen molar-refractivity contribution in [2.45, 2.75) is 0 Å². The topological polar surface area (TPSA) is 51.1 Å². The Hall–Kier alpha value is -2.88. The molecule has 0 aliphatic rings. The number of amides is 1. The molecule has 0 radical (unpaired) electrons. The van der Waals surface area contributed by atoms with E-state index in [4.69, 9.17) is 0 Å². The van der Waals surface area contributed by atoms with E-state index in [2.05, 4.69) is 5.32 Å². The molecule has 104 valence electrons. The first-order valence-electron chi connectivity index (χ1n) is 6.59. The Morgan fingerprint density at radius 2 is 1.86 bits per heavy atom. The fourth-order valence-electron chi connectivity index (χ4n) is 2.28. The number of aromatic nitrogens is 1. The second-order valence-corrected chi connectivity index (χ2v) is 4.89. The smallest absolute Gasteiger partial charge is 0.255 e. The highest BCUT2D eigenvalue weighted by Crippen LogP contribution is 2.20. The van der Waals surface area contributed by atoms with E-state index in [1.165, 1.54) is 0 Å². The number of aryl methyl sites for hydroxylation is 1. The highest BCUT2D eigenvalue weighted by Gasteiger charge is 2.07. The lowest BCUT2D eigenvalue weighted by molar-refractivity contribution is 0.102. The van der Waals surface area contributed by atoms with Crippen LogP contribution >= 0.6 is 0 Å². The predicted molar refractivity (Wildman–Crippen MR) is 82.7 cm³/mol. The van der Waals surface area contributed by atoms with Gasteiger partial charge in [-0.05, 0) is 36.4 Å². The molecular weight excluding hydrogens is 264 g/mol. The number of anilines is 1. The number of hydrogen-bond donors (Lipinski definition) is 1. The highest BCUT2D eigenvalue weighted by molar-refractivity contribution is 6.05. The molecule has 1 aromatic heterocycles.